The molecule has 6 heteroatoms. The number of halogens is 1. The topological polar surface area (TPSA) is 66.9 Å². The van der Waals surface area contributed by atoms with E-state index in [9.17, 15) is 4.79 Å². The van der Waals surface area contributed by atoms with E-state index in [1.165, 1.54) is 12.4 Å². The number of nitrogens with zero attached hydrogens (tertiary/aromatic N) is 2. The molecule has 17 heavy (non-hydrogen) atoms. The van der Waals surface area contributed by atoms with Crippen molar-refractivity contribution in [3.63, 3.8) is 0 Å². The molecule has 0 saturated carbocycles. The number of hydrogen-bond donors (Lipinski definition) is 2. The second-order valence-corrected chi connectivity index (χ2v) is 4.74. The van der Waals surface area contributed by atoms with Gasteiger partial charge < -0.3 is 10.6 Å². The van der Waals surface area contributed by atoms with Gasteiger partial charge in [-0.3, -0.25) is 4.79 Å². The van der Waals surface area contributed by atoms with E-state index in [2.05, 4.69) is 27.5 Å². The summed E-state index contributed by atoms with van der Waals surface area (Å²) in [5, 5.41) is 6.25. The normalized spacial score (nSPS) is 24.4. The highest BCUT2D eigenvalue weighted by atomic mass is 35.5. The molecule has 1 aliphatic rings. The minimum absolute atomic E-state index is 0.0636. The molecule has 0 aromatic carbocycles. The van der Waals surface area contributed by atoms with Gasteiger partial charge in [0.25, 0.3) is 0 Å². The first-order valence-corrected chi connectivity index (χ1v) is 6.05. The zero-order valence-corrected chi connectivity index (χ0v) is 10.4. The maximum absolute atomic E-state index is 11.9. The Morgan fingerprint density at radius 1 is 1.59 bits per heavy atom. The number of rotatable bonds is 2. The van der Waals surface area contributed by atoms with Gasteiger partial charge in [-0.15, -0.1) is 0 Å². The Hall–Kier alpha value is -1.20. The first-order chi connectivity index (χ1) is 8.15. The fourth-order valence-corrected chi connectivity index (χ4v) is 2.07. The van der Waals surface area contributed by atoms with Crippen molar-refractivity contribution in [2.45, 2.75) is 25.8 Å². The Kier molecular flexibility index (Phi) is 3.91. The maximum atomic E-state index is 11.9. The van der Waals surface area contributed by atoms with Crippen LogP contribution in [0.15, 0.2) is 12.4 Å². The average molecular weight is 255 g/mol. The van der Waals surface area contributed by atoms with E-state index in [0.717, 1.165) is 19.4 Å². The highest BCUT2D eigenvalue weighted by Crippen LogP contribution is 2.16. The zero-order chi connectivity index (χ0) is 12.3. The smallest absolute Gasteiger partial charge is 0.242 e. The lowest BCUT2D eigenvalue weighted by Crippen LogP contribution is -2.45. The zero-order valence-electron chi connectivity index (χ0n) is 9.61. The Morgan fingerprint density at radius 2 is 2.41 bits per heavy atom. The quantitative estimate of drug-likeness (QED) is 0.784. The van der Waals surface area contributed by atoms with Gasteiger partial charge in [-0.2, -0.15) is 0 Å². The van der Waals surface area contributed by atoms with E-state index in [4.69, 9.17) is 11.6 Å². The summed E-state index contributed by atoms with van der Waals surface area (Å²) in [6.45, 7) is 3.03. The maximum Gasteiger partial charge on any atom is 0.242 e. The van der Waals surface area contributed by atoms with Crippen molar-refractivity contribution >= 4 is 23.3 Å². The van der Waals surface area contributed by atoms with Crippen molar-refractivity contribution in [3.05, 3.63) is 17.5 Å². The van der Waals surface area contributed by atoms with E-state index in [1.807, 2.05) is 0 Å². The summed E-state index contributed by atoms with van der Waals surface area (Å²) < 4.78 is 0. The average Bonchev–Trinajstić information content (AvgIpc) is 2.29. The van der Waals surface area contributed by atoms with Crippen molar-refractivity contribution in [2.24, 2.45) is 5.92 Å². The molecule has 2 heterocycles. The first kappa shape index (κ1) is 12.3. The van der Waals surface area contributed by atoms with Crippen LogP contribution in [0.3, 0.4) is 0 Å². The van der Waals surface area contributed by atoms with Crippen molar-refractivity contribution in [1.82, 2.24) is 15.3 Å². The molecule has 2 rings (SSSR count). The molecule has 5 nitrogen and oxygen atoms in total. The second kappa shape index (κ2) is 5.42. The number of carbonyl (C=O) groups excluding carboxylic acids is 1. The van der Waals surface area contributed by atoms with Gasteiger partial charge in [0.1, 0.15) is 17.3 Å². The lowest BCUT2D eigenvalue weighted by Gasteiger charge is -2.26. The molecule has 92 valence electrons. The molecule has 0 radical (unpaired) electrons. The van der Waals surface area contributed by atoms with Crippen LogP contribution in [0.4, 0.5) is 5.82 Å². The van der Waals surface area contributed by atoms with E-state index < -0.39 is 0 Å². The molecule has 0 aliphatic carbocycles. The molecule has 0 spiro atoms. The first-order valence-electron chi connectivity index (χ1n) is 5.67. The third-order valence-corrected chi connectivity index (χ3v) is 3.07. The van der Waals surface area contributed by atoms with Crippen LogP contribution in [0, 0.1) is 5.92 Å². The summed E-state index contributed by atoms with van der Waals surface area (Å²) in [5.74, 6) is 0.947. The Morgan fingerprint density at radius 3 is 3.12 bits per heavy atom. The minimum Gasteiger partial charge on any atom is -0.309 e. The summed E-state index contributed by atoms with van der Waals surface area (Å²) in [7, 11) is 0. The summed E-state index contributed by atoms with van der Waals surface area (Å²) in [6.07, 6.45) is 3.29. The Bertz CT molecular complexity index is 412. The second-order valence-electron chi connectivity index (χ2n) is 4.35. The molecule has 2 unspecified atom stereocenters. The van der Waals surface area contributed by atoms with Crippen molar-refractivity contribution in [2.75, 3.05) is 11.9 Å². The number of anilines is 1. The monoisotopic (exact) mass is 254 g/mol. The third-order valence-electron chi connectivity index (χ3n) is 2.87. The highest BCUT2D eigenvalue weighted by Gasteiger charge is 2.24. The number of aromatic nitrogens is 2. The predicted molar refractivity (Wildman–Crippen MR) is 65.9 cm³/mol. The number of hydrogen-bond acceptors (Lipinski definition) is 4. The molecule has 1 saturated heterocycles. The van der Waals surface area contributed by atoms with Gasteiger partial charge in [0.05, 0.1) is 6.04 Å². The van der Waals surface area contributed by atoms with Crippen molar-refractivity contribution in [3.8, 4) is 0 Å². The van der Waals surface area contributed by atoms with Crippen LogP contribution in [0.2, 0.25) is 5.15 Å². The summed E-state index contributed by atoms with van der Waals surface area (Å²) in [4.78, 5) is 19.6. The van der Waals surface area contributed by atoms with Crippen molar-refractivity contribution in [1.29, 1.82) is 0 Å². The molecule has 1 aliphatic heterocycles. The Labute approximate surface area is 105 Å². The number of carbonyl (C=O) groups is 1. The van der Waals surface area contributed by atoms with Gasteiger partial charge in [0.15, 0.2) is 0 Å². The van der Waals surface area contributed by atoms with E-state index in [0.29, 0.717) is 16.9 Å². The van der Waals surface area contributed by atoms with Gasteiger partial charge in [-0.1, -0.05) is 18.5 Å². The number of amides is 1. The van der Waals surface area contributed by atoms with Crippen LogP contribution in [0.25, 0.3) is 0 Å². The minimum atomic E-state index is -0.146. The molecule has 1 amide bonds. The lowest BCUT2D eigenvalue weighted by atomic mass is 9.94. The summed E-state index contributed by atoms with van der Waals surface area (Å²) in [5.41, 5.74) is 0. The summed E-state index contributed by atoms with van der Waals surface area (Å²) >= 11 is 5.72. The highest BCUT2D eigenvalue weighted by molar-refractivity contribution is 6.29. The summed E-state index contributed by atoms with van der Waals surface area (Å²) in [6, 6.07) is 1.39. The number of piperidine rings is 1. The molecular weight excluding hydrogens is 240 g/mol. The van der Waals surface area contributed by atoms with Crippen LogP contribution in [0.1, 0.15) is 19.8 Å². The van der Waals surface area contributed by atoms with Gasteiger partial charge >= 0.3 is 0 Å². The van der Waals surface area contributed by atoms with E-state index in [1.54, 1.807) is 0 Å². The fraction of sp³-hybridized carbons (Fsp3) is 0.545. The van der Waals surface area contributed by atoms with Gasteiger partial charge in [0, 0.05) is 6.07 Å². The predicted octanol–water partition coefficient (Wildman–Crippen LogP) is 1.46. The van der Waals surface area contributed by atoms with Gasteiger partial charge in [-0.05, 0) is 25.3 Å². The van der Waals surface area contributed by atoms with Crippen LogP contribution < -0.4 is 10.6 Å². The SMILES string of the molecule is CC1CCNC(C(=O)Nc2cc(Cl)ncn2)C1. The lowest BCUT2D eigenvalue weighted by molar-refractivity contribution is -0.119. The molecule has 2 N–H and O–H groups in total. The van der Waals surface area contributed by atoms with Gasteiger partial charge in [-0.25, -0.2) is 9.97 Å². The van der Waals surface area contributed by atoms with Crippen LogP contribution in [-0.2, 0) is 4.79 Å². The van der Waals surface area contributed by atoms with Crippen LogP contribution in [-0.4, -0.2) is 28.5 Å². The number of nitrogens with one attached hydrogen (secondary N) is 2. The standard InChI is InChI=1S/C11H15ClN4O/c1-7-2-3-13-8(4-7)11(17)16-10-5-9(12)14-6-15-10/h5-8,13H,2-4H2,1H3,(H,14,15,16,17). The van der Waals surface area contributed by atoms with Crippen LogP contribution in [0.5, 0.6) is 0 Å². The van der Waals surface area contributed by atoms with E-state index >= 15 is 0 Å². The van der Waals surface area contributed by atoms with Gasteiger partial charge in [0.2, 0.25) is 5.91 Å². The molecule has 1 fully saturated rings. The largest absolute Gasteiger partial charge is 0.309 e. The molecule has 2 atom stereocenters. The Balaban J connectivity index is 1.96. The third kappa shape index (κ3) is 3.38. The van der Waals surface area contributed by atoms with Crippen molar-refractivity contribution < 1.29 is 4.79 Å². The fourth-order valence-electron chi connectivity index (χ4n) is 1.92. The van der Waals surface area contributed by atoms with E-state index in [-0.39, 0.29) is 11.9 Å². The molecule has 1 aromatic heterocycles. The molecular formula is C11H15ClN4O. The molecule has 0 bridgehead atoms. The molecule has 1 aromatic rings. The van der Waals surface area contributed by atoms with Crippen LogP contribution >= 0.6 is 11.6 Å².